The van der Waals surface area contributed by atoms with Gasteiger partial charge >= 0.3 is 12.0 Å². The molecule has 4 N–H and O–H groups in total. The number of carboxylic acids is 1. The van der Waals surface area contributed by atoms with Gasteiger partial charge in [0.1, 0.15) is 6.04 Å². The molecule has 0 aliphatic carbocycles. The highest BCUT2D eigenvalue weighted by Crippen LogP contribution is 1.96. The van der Waals surface area contributed by atoms with Crippen LogP contribution >= 0.6 is 0 Å². The molecule has 0 aromatic rings. The molecule has 0 aliphatic rings. The Morgan fingerprint density at radius 3 is 2.44 bits per heavy atom. The molecule has 0 fully saturated rings. The molecule has 1 atom stereocenters. The summed E-state index contributed by atoms with van der Waals surface area (Å²) >= 11 is 0. The number of hydrogen-bond acceptors (Lipinski definition) is 4. The van der Waals surface area contributed by atoms with E-state index < -0.39 is 30.4 Å². The first-order valence-corrected chi connectivity index (χ1v) is 5.47. The number of carbonyl (C=O) groups is 3. The van der Waals surface area contributed by atoms with Crippen LogP contribution in [0.15, 0.2) is 0 Å². The van der Waals surface area contributed by atoms with Crippen LogP contribution in [0.25, 0.3) is 0 Å². The molecule has 0 heterocycles. The van der Waals surface area contributed by atoms with E-state index >= 15 is 0 Å². The molecule has 18 heavy (non-hydrogen) atoms. The van der Waals surface area contributed by atoms with E-state index in [1.165, 1.54) is 12.0 Å². The second-order valence-corrected chi connectivity index (χ2v) is 3.58. The molecule has 0 spiro atoms. The van der Waals surface area contributed by atoms with E-state index in [1.807, 2.05) is 0 Å². The quantitative estimate of drug-likeness (QED) is 0.517. The summed E-state index contributed by atoms with van der Waals surface area (Å²) < 4.78 is 4.83. The summed E-state index contributed by atoms with van der Waals surface area (Å²) in [7, 11) is 1.50. The highest BCUT2D eigenvalue weighted by atomic mass is 16.5. The van der Waals surface area contributed by atoms with E-state index in [0.29, 0.717) is 19.7 Å². The monoisotopic (exact) mass is 261 g/mol. The molecule has 0 saturated carbocycles. The van der Waals surface area contributed by atoms with Crippen molar-refractivity contribution >= 4 is 17.9 Å². The van der Waals surface area contributed by atoms with Crippen molar-refractivity contribution in [2.45, 2.75) is 19.4 Å². The Hall–Kier alpha value is -1.83. The minimum absolute atomic E-state index is 0.335. The molecule has 104 valence electrons. The highest BCUT2D eigenvalue weighted by molar-refractivity contribution is 5.87. The number of hydrogen-bond donors (Lipinski definition) is 3. The second kappa shape index (κ2) is 8.29. The van der Waals surface area contributed by atoms with E-state index in [0.717, 1.165) is 0 Å². The van der Waals surface area contributed by atoms with Gasteiger partial charge in [0.2, 0.25) is 5.91 Å². The number of carbonyl (C=O) groups excluding carboxylic acids is 2. The molecule has 0 rings (SSSR count). The zero-order valence-corrected chi connectivity index (χ0v) is 10.5. The fourth-order valence-corrected chi connectivity index (χ4v) is 1.25. The molecule has 8 heteroatoms. The standard InChI is InChI=1S/C10H19N3O5/c1-3-13(4-5-18-2)10(17)12-7(9(15)16)6-8(11)14/h7H,3-6H2,1-2H3,(H2,11,14)(H,12,17)(H,15,16). The van der Waals surface area contributed by atoms with Crippen LogP contribution in [0.1, 0.15) is 13.3 Å². The number of nitrogens with zero attached hydrogens (tertiary/aromatic N) is 1. The first kappa shape index (κ1) is 16.2. The van der Waals surface area contributed by atoms with Crippen LogP contribution in [0.4, 0.5) is 4.79 Å². The maximum atomic E-state index is 11.7. The number of urea groups is 1. The van der Waals surface area contributed by atoms with Gasteiger partial charge in [0.25, 0.3) is 0 Å². The SMILES string of the molecule is CCN(CCOC)C(=O)NC(CC(N)=O)C(=O)O. The van der Waals surface area contributed by atoms with Crippen LogP contribution < -0.4 is 11.1 Å². The molecule has 8 nitrogen and oxygen atoms in total. The van der Waals surface area contributed by atoms with Crippen LogP contribution in [0.2, 0.25) is 0 Å². The first-order valence-electron chi connectivity index (χ1n) is 5.47. The molecule has 3 amide bonds. The van der Waals surface area contributed by atoms with Crippen molar-refractivity contribution in [2.75, 3.05) is 26.8 Å². The van der Waals surface area contributed by atoms with Gasteiger partial charge in [-0.15, -0.1) is 0 Å². The van der Waals surface area contributed by atoms with Gasteiger partial charge in [-0.25, -0.2) is 9.59 Å². The van der Waals surface area contributed by atoms with Gasteiger partial charge in [-0.05, 0) is 6.92 Å². The zero-order chi connectivity index (χ0) is 14.1. The normalized spacial score (nSPS) is 11.7. The first-order chi connectivity index (χ1) is 8.42. The third kappa shape index (κ3) is 6.04. The lowest BCUT2D eigenvalue weighted by Gasteiger charge is -2.23. The Morgan fingerprint density at radius 1 is 1.44 bits per heavy atom. The molecule has 0 aromatic heterocycles. The van der Waals surface area contributed by atoms with Crippen molar-refractivity contribution < 1.29 is 24.2 Å². The fourth-order valence-electron chi connectivity index (χ4n) is 1.25. The largest absolute Gasteiger partial charge is 0.480 e. The number of likely N-dealkylation sites (N-methyl/N-ethyl adjacent to an activating group) is 1. The van der Waals surface area contributed by atoms with Crippen molar-refractivity contribution in [3.8, 4) is 0 Å². The topological polar surface area (TPSA) is 122 Å². The number of ether oxygens (including phenoxy) is 1. The Kier molecular flexibility index (Phi) is 7.45. The van der Waals surface area contributed by atoms with Gasteiger partial charge in [-0.2, -0.15) is 0 Å². The van der Waals surface area contributed by atoms with Gasteiger partial charge in [-0.1, -0.05) is 0 Å². The Labute approximate surface area is 105 Å². The summed E-state index contributed by atoms with van der Waals surface area (Å²) in [5, 5.41) is 11.1. The van der Waals surface area contributed by atoms with Crippen LogP contribution in [0, 0.1) is 0 Å². The number of amides is 3. The zero-order valence-electron chi connectivity index (χ0n) is 10.5. The summed E-state index contributed by atoms with van der Waals surface area (Å²) in [5.74, 6) is -2.09. The van der Waals surface area contributed by atoms with Crippen molar-refractivity contribution in [1.82, 2.24) is 10.2 Å². The van der Waals surface area contributed by atoms with Gasteiger partial charge in [0.15, 0.2) is 0 Å². The van der Waals surface area contributed by atoms with E-state index in [2.05, 4.69) is 5.32 Å². The van der Waals surface area contributed by atoms with E-state index in [9.17, 15) is 14.4 Å². The van der Waals surface area contributed by atoms with E-state index in [-0.39, 0.29) is 0 Å². The molecule has 1 unspecified atom stereocenters. The third-order valence-corrected chi connectivity index (χ3v) is 2.24. The van der Waals surface area contributed by atoms with Gasteiger partial charge in [0, 0.05) is 20.2 Å². The molecule has 0 saturated heterocycles. The number of carboxylic acid groups (broad SMARTS) is 1. The van der Waals surface area contributed by atoms with E-state index in [1.54, 1.807) is 6.92 Å². The molecular weight excluding hydrogens is 242 g/mol. The molecule has 0 aliphatic heterocycles. The average Bonchev–Trinajstić information content (AvgIpc) is 2.28. The summed E-state index contributed by atoms with van der Waals surface area (Å²) in [4.78, 5) is 34.6. The minimum Gasteiger partial charge on any atom is -0.480 e. The highest BCUT2D eigenvalue weighted by Gasteiger charge is 2.24. The average molecular weight is 261 g/mol. The number of primary amides is 1. The van der Waals surface area contributed by atoms with Gasteiger partial charge < -0.3 is 25.8 Å². The summed E-state index contributed by atoms with van der Waals surface area (Å²) in [6.45, 7) is 2.83. The second-order valence-electron chi connectivity index (χ2n) is 3.58. The lowest BCUT2D eigenvalue weighted by atomic mass is 10.2. The predicted molar refractivity (Wildman–Crippen MR) is 62.9 cm³/mol. The number of methoxy groups -OCH3 is 1. The molecule has 0 radical (unpaired) electrons. The van der Waals surface area contributed by atoms with Crippen LogP contribution in [-0.2, 0) is 14.3 Å². The number of aliphatic carboxylic acids is 1. The lowest BCUT2D eigenvalue weighted by Crippen LogP contribution is -2.49. The fraction of sp³-hybridized carbons (Fsp3) is 0.700. The predicted octanol–water partition coefficient (Wildman–Crippen LogP) is -1.01. The smallest absolute Gasteiger partial charge is 0.326 e. The van der Waals surface area contributed by atoms with Crippen LogP contribution in [-0.4, -0.2) is 60.8 Å². The lowest BCUT2D eigenvalue weighted by molar-refractivity contribution is -0.140. The Morgan fingerprint density at radius 2 is 2.06 bits per heavy atom. The van der Waals surface area contributed by atoms with Crippen molar-refractivity contribution in [2.24, 2.45) is 5.73 Å². The van der Waals surface area contributed by atoms with Gasteiger partial charge in [-0.3, -0.25) is 4.79 Å². The summed E-state index contributed by atoms with van der Waals surface area (Å²) in [6.07, 6.45) is -0.442. The van der Waals surface area contributed by atoms with Crippen molar-refractivity contribution in [1.29, 1.82) is 0 Å². The number of nitrogens with two attached hydrogens (primary N) is 1. The molecule has 0 bridgehead atoms. The van der Waals surface area contributed by atoms with Crippen molar-refractivity contribution in [3.05, 3.63) is 0 Å². The maximum Gasteiger partial charge on any atom is 0.326 e. The Bertz CT molecular complexity index is 308. The maximum absolute atomic E-state index is 11.7. The van der Waals surface area contributed by atoms with Crippen LogP contribution in [0.5, 0.6) is 0 Å². The number of rotatable bonds is 8. The van der Waals surface area contributed by atoms with Gasteiger partial charge in [0.05, 0.1) is 13.0 Å². The van der Waals surface area contributed by atoms with E-state index in [4.69, 9.17) is 15.6 Å². The Balaban J connectivity index is 4.46. The molecular formula is C10H19N3O5. The third-order valence-electron chi connectivity index (χ3n) is 2.24. The number of nitrogens with one attached hydrogen (secondary N) is 1. The minimum atomic E-state index is -1.31. The van der Waals surface area contributed by atoms with Crippen LogP contribution in [0.3, 0.4) is 0 Å². The molecule has 0 aromatic carbocycles. The summed E-state index contributed by atoms with van der Waals surface area (Å²) in [6, 6.07) is -1.88. The van der Waals surface area contributed by atoms with Crippen molar-refractivity contribution in [3.63, 3.8) is 0 Å². The summed E-state index contributed by atoms with van der Waals surface area (Å²) in [5.41, 5.74) is 4.91.